The molecule has 0 bridgehead atoms. The van der Waals surface area contributed by atoms with Crippen molar-refractivity contribution in [2.75, 3.05) is 72.7 Å². The van der Waals surface area contributed by atoms with Crippen molar-refractivity contribution in [2.24, 2.45) is 16.8 Å². The smallest absolute Gasteiger partial charge is 0.193 e. The van der Waals surface area contributed by atoms with Crippen LogP contribution in [0.2, 0.25) is 0 Å². The summed E-state index contributed by atoms with van der Waals surface area (Å²) in [4.78, 5) is 9.37. The number of likely N-dealkylation sites (tertiary alicyclic amines) is 1. The number of hydrogen-bond acceptors (Lipinski definition) is 4. The SMILES string of the molecule is CN=C(NCCOCC1CC1)N1CCC(CN2CCOCC2)C1. The van der Waals surface area contributed by atoms with Gasteiger partial charge in [0.05, 0.1) is 19.8 Å². The zero-order valence-electron chi connectivity index (χ0n) is 14.5. The topological polar surface area (TPSA) is 49.3 Å². The van der Waals surface area contributed by atoms with Gasteiger partial charge in [-0.05, 0) is 31.1 Å². The summed E-state index contributed by atoms with van der Waals surface area (Å²) >= 11 is 0. The molecule has 3 aliphatic rings. The molecule has 6 nitrogen and oxygen atoms in total. The molecule has 1 N–H and O–H groups in total. The van der Waals surface area contributed by atoms with Crippen molar-refractivity contribution >= 4 is 5.96 Å². The Morgan fingerprint density at radius 3 is 2.74 bits per heavy atom. The normalized spacial score (nSPS) is 26.7. The van der Waals surface area contributed by atoms with Crippen LogP contribution in [0.25, 0.3) is 0 Å². The predicted octanol–water partition coefficient (Wildman–Crippen LogP) is 0.643. The summed E-state index contributed by atoms with van der Waals surface area (Å²) in [5.41, 5.74) is 0. The first-order valence-corrected chi connectivity index (χ1v) is 9.18. The van der Waals surface area contributed by atoms with E-state index in [1.807, 2.05) is 7.05 Å². The molecule has 0 amide bonds. The van der Waals surface area contributed by atoms with E-state index in [4.69, 9.17) is 9.47 Å². The summed E-state index contributed by atoms with van der Waals surface area (Å²) in [7, 11) is 1.88. The molecule has 0 aromatic heterocycles. The molecular weight excluding hydrogens is 292 g/mol. The van der Waals surface area contributed by atoms with Crippen LogP contribution in [0.3, 0.4) is 0 Å². The Labute approximate surface area is 140 Å². The second-order valence-corrected chi connectivity index (χ2v) is 7.01. The van der Waals surface area contributed by atoms with Crippen LogP contribution >= 0.6 is 0 Å². The van der Waals surface area contributed by atoms with Gasteiger partial charge in [-0.25, -0.2) is 0 Å². The molecule has 1 aliphatic carbocycles. The van der Waals surface area contributed by atoms with Gasteiger partial charge in [0.1, 0.15) is 0 Å². The molecule has 0 aromatic rings. The molecule has 1 saturated carbocycles. The fourth-order valence-corrected chi connectivity index (χ4v) is 3.42. The first-order valence-electron chi connectivity index (χ1n) is 9.18. The minimum Gasteiger partial charge on any atom is -0.379 e. The number of nitrogens with zero attached hydrogens (tertiary/aromatic N) is 3. The molecule has 3 rings (SSSR count). The number of morpholine rings is 1. The van der Waals surface area contributed by atoms with Gasteiger partial charge in [0, 0.05) is 52.9 Å². The predicted molar refractivity (Wildman–Crippen MR) is 91.8 cm³/mol. The van der Waals surface area contributed by atoms with E-state index in [-0.39, 0.29) is 0 Å². The fraction of sp³-hybridized carbons (Fsp3) is 0.941. The molecule has 1 unspecified atom stereocenters. The Bertz CT molecular complexity index is 381. The van der Waals surface area contributed by atoms with Gasteiger partial charge in [-0.3, -0.25) is 9.89 Å². The Hall–Kier alpha value is -0.850. The van der Waals surface area contributed by atoms with E-state index in [9.17, 15) is 0 Å². The molecule has 132 valence electrons. The van der Waals surface area contributed by atoms with E-state index < -0.39 is 0 Å². The van der Waals surface area contributed by atoms with Crippen LogP contribution in [0.4, 0.5) is 0 Å². The Morgan fingerprint density at radius 2 is 2.00 bits per heavy atom. The maximum absolute atomic E-state index is 5.68. The van der Waals surface area contributed by atoms with Crippen LogP contribution in [-0.2, 0) is 9.47 Å². The second-order valence-electron chi connectivity index (χ2n) is 7.01. The summed E-state index contributed by atoms with van der Waals surface area (Å²) in [6.45, 7) is 9.93. The molecule has 2 saturated heterocycles. The zero-order valence-corrected chi connectivity index (χ0v) is 14.5. The fourth-order valence-electron chi connectivity index (χ4n) is 3.42. The van der Waals surface area contributed by atoms with Crippen LogP contribution in [-0.4, -0.2) is 88.5 Å². The van der Waals surface area contributed by atoms with Crippen LogP contribution in [0, 0.1) is 11.8 Å². The van der Waals surface area contributed by atoms with Gasteiger partial charge in [-0.2, -0.15) is 0 Å². The summed E-state index contributed by atoms with van der Waals surface area (Å²) in [5, 5.41) is 3.45. The zero-order chi connectivity index (χ0) is 15.9. The Balaban J connectivity index is 1.32. The molecule has 23 heavy (non-hydrogen) atoms. The lowest BCUT2D eigenvalue weighted by Gasteiger charge is -2.29. The van der Waals surface area contributed by atoms with Crippen molar-refractivity contribution in [2.45, 2.75) is 19.3 Å². The van der Waals surface area contributed by atoms with Crippen LogP contribution in [0.1, 0.15) is 19.3 Å². The van der Waals surface area contributed by atoms with Gasteiger partial charge in [0.2, 0.25) is 0 Å². The first-order chi connectivity index (χ1) is 11.3. The average molecular weight is 324 g/mol. The van der Waals surface area contributed by atoms with Crippen molar-refractivity contribution in [3.05, 3.63) is 0 Å². The molecule has 6 heteroatoms. The standard InChI is InChI=1S/C17H32N4O2/c1-18-17(19-5-9-23-14-15-2-3-15)21-6-4-16(13-21)12-20-7-10-22-11-8-20/h15-16H,2-14H2,1H3,(H,18,19). The summed E-state index contributed by atoms with van der Waals surface area (Å²) in [6, 6.07) is 0. The lowest BCUT2D eigenvalue weighted by Crippen LogP contribution is -2.43. The van der Waals surface area contributed by atoms with Gasteiger partial charge < -0.3 is 19.7 Å². The number of hydrogen-bond donors (Lipinski definition) is 1. The highest BCUT2D eigenvalue weighted by Crippen LogP contribution is 2.28. The minimum atomic E-state index is 0.748. The first kappa shape index (κ1) is 17.0. The maximum atomic E-state index is 5.68. The van der Waals surface area contributed by atoms with Crippen molar-refractivity contribution in [1.82, 2.24) is 15.1 Å². The van der Waals surface area contributed by atoms with E-state index in [0.29, 0.717) is 0 Å². The van der Waals surface area contributed by atoms with Gasteiger partial charge in [-0.15, -0.1) is 0 Å². The number of nitrogens with one attached hydrogen (secondary N) is 1. The highest BCUT2D eigenvalue weighted by molar-refractivity contribution is 5.80. The molecule has 3 fully saturated rings. The van der Waals surface area contributed by atoms with Crippen molar-refractivity contribution < 1.29 is 9.47 Å². The Morgan fingerprint density at radius 1 is 1.17 bits per heavy atom. The van der Waals surface area contributed by atoms with E-state index in [0.717, 1.165) is 76.9 Å². The highest BCUT2D eigenvalue weighted by Gasteiger charge is 2.27. The third kappa shape index (κ3) is 5.62. The van der Waals surface area contributed by atoms with Gasteiger partial charge in [0.15, 0.2) is 5.96 Å². The highest BCUT2D eigenvalue weighted by atomic mass is 16.5. The molecule has 1 atom stereocenters. The second kappa shape index (κ2) is 8.85. The molecular formula is C17H32N4O2. The Kier molecular flexibility index (Phi) is 6.54. The third-order valence-corrected chi connectivity index (χ3v) is 5.00. The third-order valence-electron chi connectivity index (χ3n) is 5.00. The summed E-state index contributed by atoms with van der Waals surface area (Å²) in [6.07, 6.45) is 3.97. The lowest BCUT2D eigenvalue weighted by molar-refractivity contribution is 0.0315. The van der Waals surface area contributed by atoms with E-state index in [1.54, 1.807) is 0 Å². The average Bonchev–Trinajstić information content (AvgIpc) is 3.30. The van der Waals surface area contributed by atoms with E-state index in [1.165, 1.54) is 25.8 Å². The van der Waals surface area contributed by atoms with Gasteiger partial charge in [0.25, 0.3) is 0 Å². The van der Waals surface area contributed by atoms with Crippen molar-refractivity contribution in [1.29, 1.82) is 0 Å². The minimum absolute atomic E-state index is 0.748. The van der Waals surface area contributed by atoms with E-state index >= 15 is 0 Å². The summed E-state index contributed by atoms with van der Waals surface area (Å²) in [5.74, 6) is 2.62. The molecule has 2 heterocycles. The number of aliphatic imine (C=N–C) groups is 1. The maximum Gasteiger partial charge on any atom is 0.193 e. The monoisotopic (exact) mass is 324 g/mol. The van der Waals surface area contributed by atoms with Crippen LogP contribution in [0.15, 0.2) is 4.99 Å². The molecule has 2 aliphatic heterocycles. The van der Waals surface area contributed by atoms with Crippen molar-refractivity contribution in [3.8, 4) is 0 Å². The molecule has 0 aromatic carbocycles. The number of guanidine groups is 1. The largest absolute Gasteiger partial charge is 0.379 e. The van der Waals surface area contributed by atoms with Crippen LogP contribution < -0.4 is 5.32 Å². The molecule has 0 spiro atoms. The van der Waals surface area contributed by atoms with Crippen LogP contribution in [0.5, 0.6) is 0 Å². The number of rotatable bonds is 7. The van der Waals surface area contributed by atoms with E-state index in [2.05, 4.69) is 20.1 Å². The lowest BCUT2D eigenvalue weighted by atomic mass is 10.1. The van der Waals surface area contributed by atoms with Gasteiger partial charge in [-0.1, -0.05) is 0 Å². The quantitative estimate of drug-likeness (QED) is 0.423. The summed E-state index contributed by atoms with van der Waals surface area (Å²) < 4.78 is 11.1. The number of ether oxygens (including phenoxy) is 2. The molecule has 0 radical (unpaired) electrons. The van der Waals surface area contributed by atoms with Crippen molar-refractivity contribution in [3.63, 3.8) is 0 Å². The van der Waals surface area contributed by atoms with Gasteiger partial charge >= 0.3 is 0 Å².